The number of Topliss-reactive ketones (excluding diaryl/α,β-unsaturated/α-hetero) is 1. The number of rotatable bonds is 8. The fraction of sp³-hybridized carbons (Fsp3) is 0.267. The summed E-state index contributed by atoms with van der Waals surface area (Å²) in [5, 5.41) is 8.36. The Balaban J connectivity index is 2.17. The van der Waals surface area contributed by atoms with E-state index in [-0.39, 0.29) is 13.0 Å². The second kappa shape index (κ2) is 8.63. The van der Waals surface area contributed by atoms with Gasteiger partial charge in [0.2, 0.25) is 5.78 Å². The van der Waals surface area contributed by atoms with Crippen LogP contribution in [0.25, 0.3) is 0 Å². The van der Waals surface area contributed by atoms with E-state index in [1.165, 1.54) is 6.08 Å². The largest absolute Gasteiger partial charge is 0.476 e. The summed E-state index contributed by atoms with van der Waals surface area (Å²) in [7, 11) is 0. The molecule has 0 heterocycles. The molecular weight excluding hydrogens is 260 g/mol. The fourth-order valence-electron chi connectivity index (χ4n) is 1.44. The van der Waals surface area contributed by atoms with Crippen LogP contribution in [0.3, 0.4) is 0 Å². The first-order valence-electron chi connectivity index (χ1n) is 6.23. The average molecular weight is 276 g/mol. The van der Waals surface area contributed by atoms with Crippen LogP contribution in [0.1, 0.15) is 24.8 Å². The van der Waals surface area contributed by atoms with Crippen LogP contribution in [0.2, 0.25) is 0 Å². The first kappa shape index (κ1) is 15.6. The van der Waals surface area contributed by atoms with Gasteiger partial charge in [0.05, 0.1) is 0 Å². The number of esters is 1. The van der Waals surface area contributed by atoms with Crippen molar-refractivity contribution < 1.29 is 24.2 Å². The van der Waals surface area contributed by atoms with Crippen molar-refractivity contribution in [3.8, 4) is 0 Å². The molecule has 0 saturated carbocycles. The van der Waals surface area contributed by atoms with Crippen LogP contribution in [-0.2, 0) is 25.7 Å². The van der Waals surface area contributed by atoms with E-state index in [2.05, 4.69) is 0 Å². The second-order valence-corrected chi connectivity index (χ2v) is 4.12. The van der Waals surface area contributed by atoms with Crippen LogP contribution in [-0.4, -0.2) is 22.8 Å². The van der Waals surface area contributed by atoms with Gasteiger partial charge < -0.3 is 9.84 Å². The normalized spacial score (nSPS) is 10.4. The first-order valence-corrected chi connectivity index (χ1v) is 6.23. The number of carboxylic acid groups (broad SMARTS) is 1. The summed E-state index contributed by atoms with van der Waals surface area (Å²) in [6.07, 6.45) is 3.68. The molecule has 0 unspecified atom stereocenters. The minimum absolute atomic E-state index is 0.0290. The zero-order valence-electron chi connectivity index (χ0n) is 11.0. The summed E-state index contributed by atoms with van der Waals surface area (Å²) < 4.78 is 5.01. The number of carbonyl (C=O) groups excluding carboxylic acids is 2. The lowest BCUT2D eigenvalue weighted by Crippen LogP contribution is -2.11. The number of hydrogen-bond donors (Lipinski definition) is 1. The van der Waals surface area contributed by atoms with Crippen LogP contribution in [0.15, 0.2) is 42.5 Å². The number of unbranched alkanes of at least 4 members (excludes halogenated alkanes) is 1. The lowest BCUT2D eigenvalue weighted by Gasteiger charge is -2.01. The molecule has 1 aromatic carbocycles. The number of hydrogen-bond acceptors (Lipinski definition) is 4. The summed E-state index contributed by atoms with van der Waals surface area (Å²) in [5.74, 6) is -2.69. The molecule has 20 heavy (non-hydrogen) atoms. The van der Waals surface area contributed by atoms with Crippen molar-refractivity contribution in [3.63, 3.8) is 0 Å². The van der Waals surface area contributed by atoms with Gasteiger partial charge in [-0.1, -0.05) is 36.4 Å². The van der Waals surface area contributed by atoms with Gasteiger partial charge >= 0.3 is 11.9 Å². The van der Waals surface area contributed by atoms with Gasteiger partial charge in [0.25, 0.3) is 0 Å². The Labute approximate surface area is 116 Å². The molecular formula is C15H16O5. The quantitative estimate of drug-likeness (QED) is 0.340. The molecule has 1 aromatic rings. The van der Waals surface area contributed by atoms with Gasteiger partial charge in [-0.2, -0.15) is 0 Å². The van der Waals surface area contributed by atoms with E-state index in [0.717, 1.165) is 5.56 Å². The molecule has 0 aliphatic rings. The van der Waals surface area contributed by atoms with Crippen molar-refractivity contribution in [1.82, 2.24) is 0 Å². The third kappa shape index (κ3) is 6.49. The van der Waals surface area contributed by atoms with Crippen LogP contribution < -0.4 is 0 Å². The standard InChI is InChI=1S/C15H16O5/c16-13(15(18)19)9-5-2-6-10-14(17)20-11-12-7-3-1-4-8-12/h1,3-4,6-8,10H,2,5,9,11H2,(H,18,19)/b10-6+. The van der Waals surface area contributed by atoms with E-state index in [1.807, 2.05) is 30.3 Å². The van der Waals surface area contributed by atoms with Gasteiger partial charge in [-0.05, 0) is 18.4 Å². The number of benzene rings is 1. The van der Waals surface area contributed by atoms with E-state index < -0.39 is 17.7 Å². The van der Waals surface area contributed by atoms with Crippen molar-refractivity contribution in [2.24, 2.45) is 0 Å². The van der Waals surface area contributed by atoms with Gasteiger partial charge in [0, 0.05) is 12.5 Å². The number of ether oxygens (including phenoxy) is 1. The Kier molecular flexibility index (Phi) is 6.75. The second-order valence-electron chi connectivity index (χ2n) is 4.12. The molecule has 0 atom stereocenters. The Morgan fingerprint density at radius 2 is 1.85 bits per heavy atom. The highest BCUT2D eigenvalue weighted by Gasteiger charge is 2.09. The van der Waals surface area contributed by atoms with Crippen LogP contribution in [0.4, 0.5) is 0 Å². The average Bonchev–Trinajstić information content (AvgIpc) is 2.45. The molecule has 5 heteroatoms. The van der Waals surface area contributed by atoms with E-state index in [4.69, 9.17) is 9.84 Å². The zero-order valence-corrected chi connectivity index (χ0v) is 11.0. The number of carbonyl (C=O) groups is 3. The van der Waals surface area contributed by atoms with Gasteiger partial charge in [-0.3, -0.25) is 4.79 Å². The summed E-state index contributed by atoms with van der Waals surface area (Å²) >= 11 is 0. The minimum Gasteiger partial charge on any atom is -0.476 e. The van der Waals surface area contributed by atoms with E-state index in [9.17, 15) is 14.4 Å². The highest BCUT2D eigenvalue weighted by molar-refractivity contribution is 6.32. The third-order valence-electron chi connectivity index (χ3n) is 2.49. The van der Waals surface area contributed by atoms with Crippen molar-refractivity contribution in [1.29, 1.82) is 0 Å². The van der Waals surface area contributed by atoms with Gasteiger partial charge in [0.1, 0.15) is 6.61 Å². The fourth-order valence-corrected chi connectivity index (χ4v) is 1.44. The van der Waals surface area contributed by atoms with Crippen LogP contribution in [0.5, 0.6) is 0 Å². The van der Waals surface area contributed by atoms with Crippen molar-refractivity contribution >= 4 is 17.7 Å². The molecule has 0 bridgehead atoms. The first-order chi connectivity index (χ1) is 9.59. The summed E-state index contributed by atoms with van der Waals surface area (Å²) in [4.78, 5) is 32.4. The Bertz CT molecular complexity index is 490. The van der Waals surface area contributed by atoms with Crippen molar-refractivity contribution in [3.05, 3.63) is 48.0 Å². The van der Waals surface area contributed by atoms with Crippen LogP contribution in [0, 0.1) is 0 Å². The summed E-state index contributed by atoms with van der Waals surface area (Å²) in [6, 6.07) is 9.31. The predicted octanol–water partition coefficient (Wildman–Crippen LogP) is 2.11. The number of aliphatic carboxylic acids is 1. The molecule has 0 saturated heterocycles. The van der Waals surface area contributed by atoms with E-state index >= 15 is 0 Å². The third-order valence-corrected chi connectivity index (χ3v) is 2.49. The maximum atomic E-state index is 11.4. The lowest BCUT2D eigenvalue weighted by atomic mass is 10.2. The molecule has 1 rings (SSSR count). The summed E-state index contributed by atoms with van der Waals surface area (Å²) in [6.45, 7) is 0.210. The van der Waals surface area contributed by atoms with Gasteiger partial charge in [-0.25, -0.2) is 9.59 Å². The molecule has 0 fully saturated rings. The van der Waals surface area contributed by atoms with Crippen molar-refractivity contribution in [2.75, 3.05) is 0 Å². The summed E-state index contributed by atoms with van der Waals surface area (Å²) in [5.41, 5.74) is 0.904. The molecule has 0 radical (unpaired) electrons. The topological polar surface area (TPSA) is 80.7 Å². The van der Waals surface area contributed by atoms with E-state index in [0.29, 0.717) is 12.8 Å². The molecule has 0 aromatic heterocycles. The Morgan fingerprint density at radius 3 is 2.50 bits per heavy atom. The number of carboxylic acids is 1. The monoisotopic (exact) mass is 276 g/mol. The Hall–Kier alpha value is -2.43. The molecule has 1 N–H and O–H groups in total. The molecule has 0 aliphatic carbocycles. The molecule has 0 spiro atoms. The molecule has 0 amide bonds. The molecule has 0 aliphatic heterocycles. The lowest BCUT2D eigenvalue weighted by molar-refractivity contribution is -0.149. The number of allylic oxidation sites excluding steroid dienone is 1. The van der Waals surface area contributed by atoms with Crippen molar-refractivity contribution in [2.45, 2.75) is 25.9 Å². The highest BCUT2D eigenvalue weighted by Crippen LogP contribution is 2.02. The molecule has 5 nitrogen and oxygen atoms in total. The SMILES string of the molecule is O=C(/C=C/CCCC(=O)C(=O)O)OCc1ccccc1. The maximum Gasteiger partial charge on any atom is 0.372 e. The molecule has 106 valence electrons. The van der Waals surface area contributed by atoms with Gasteiger partial charge in [-0.15, -0.1) is 0 Å². The Morgan fingerprint density at radius 1 is 1.15 bits per heavy atom. The predicted molar refractivity (Wildman–Crippen MR) is 71.9 cm³/mol. The highest BCUT2D eigenvalue weighted by atomic mass is 16.5. The minimum atomic E-state index is -1.42. The maximum absolute atomic E-state index is 11.4. The van der Waals surface area contributed by atoms with Crippen LogP contribution >= 0.6 is 0 Å². The zero-order chi connectivity index (χ0) is 14.8. The van der Waals surface area contributed by atoms with Gasteiger partial charge in [0.15, 0.2) is 0 Å². The van der Waals surface area contributed by atoms with E-state index in [1.54, 1.807) is 6.08 Å². The smallest absolute Gasteiger partial charge is 0.372 e. The number of ketones is 1.